The lowest BCUT2D eigenvalue weighted by Crippen LogP contribution is -2.25. The Bertz CT molecular complexity index is 910. The van der Waals surface area contributed by atoms with E-state index in [-0.39, 0.29) is 28.1 Å². The lowest BCUT2D eigenvalue weighted by Gasteiger charge is -2.26. The van der Waals surface area contributed by atoms with Crippen LogP contribution in [0.2, 0.25) is 0 Å². The molecule has 1 heterocycles. The quantitative estimate of drug-likeness (QED) is 0.284. The van der Waals surface area contributed by atoms with Crippen LogP contribution in [0, 0.1) is 10.1 Å². The lowest BCUT2D eigenvalue weighted by atomic mass is 10.1. The standard InChI is InChI=1S/C18H16N2O6/c1-10(2)18(23)26-12-6-3-5-11(9-12)19-16(21)13-7-4-8-14(20(24)25)15(13)17(19)22/h3-9,16-17,21-22H,1H2,2H3. The summed E-state index contributed by atoms with van der Waals surface area (Å²) >= 11 is 0. The molecule has 8 nitrogen and oxygen atoms in total. The molecule has 2 atom stereocenters. The van der Waals surface area contributed by atoms with Crippen molar-refractivity contribution in [3.63, 3.8) is 0 Å². The molecule has 8 heteroatoms. The van der Waals surface area contributed by atoms with Crippen LogP contribution >= 0.6 is 0 Å². The van der Waals surface area contributed by atoms with E-state index < -0.39 is 23.3 Å². The maximum atomic E-state index is 11.7. The van der Waals surface area contributed by atoms with Crippen LogP contribution in [0.5, 0.6) is 5.75 Å². The number of carbonyl (C=O) groups is 1. The Balaban J connectivity index is 1.98. The Labute approximate surface area is 148 Å². The molecule has 1 aliphatic heterocycles. The second kappa shape index (κ2) is 6.58. The van der Waals surface area contributed by atoms with E-state index in [2.05, 4.69) is 6.58 Å². The summed E-state index contributed by atoms with van der Waals surface area (Å²) in [7, 11) is 0. The number of carbonyl (C=O) groups excluding carboxylic acids is 1. The summed E-state index contributed by atoms with van der Waals surface area (Å²) in [5, 5.41) is 32.4. The number of nitro benzene ring substituents is 1. The van der Waals surface area contributed by atoms with Gasteiger partial charge in [0.05, 0.1) is 10.5 Å². The molecule has 0 saturated heterocycles. The van der Waals surface area contributed by atoms with Crippen molar-refractivity contribution in [1.29, 1.82) is 0 Å². The number of anilines is 1. The monoisotopic (exact) mass is 356 g/mol. The van der Waals surface area contributed by atoms with Gasteiger partial charge in [-0.2, -0.15) is 0 Å². The molecule has 0 spiro atoms. The van der Waals surface area contributed by atoms with Gasteiger partial charge in [-0.1, -0.05) is 24.8 Å². The van der Waals surface area contributed by atoms with Crippen LogP contribution in [-0.2, 0) is 4.79 Å². The van der Waals surface area contributed by atoms with Crippen molar-refractivity contribution >= 4 is 17.3 Å². The van der Waals surface area contributed by atoms with Crippen molar-refractivity contribution in [2.45, 2.75) is 19.4 Å². The van der Waals surface area contributed by atoms with Crippen LogP contribution in [0.1, 0.15) is 30.5 Å². The first kappa shape index (κ1) is 17.6. The second-order valence-electron chi connectivity index (χ2n) is 5.86. The van der Waals surface area contributed by atoms with E-state index in [1.807, 2.05) is 0 Å². The van der Waals surface area contributed by atoms with E-state index in [1.54, 1.807) is 12.1 Å². The first-order valence-corrected chi connectivity index (χ1v) is 7.70. The molecule has 0 saturated carbocycles. The van der Waals surface area contributed by atoms with Gasteiger partial charge in [0.15, 0.2) is 12.5 Å². The number of aliphatic hydroxyl groups excluding tert-OH is 2. The molecule has 0 amide bonds. The smallest absolute Gasteiger partial charge is 0.338 e. The summed E-state index contributed by atoms with van der Waals surface area (Å²) in [6.07, 6.45) is -2.71. The summed E-state index contributed by atoms with van der Waals surface area (Å²) in [6.45, 7) is 5.01. The number of ether oxygens (including phenoxy) is 1. The molecule has 2 unspecified atom stereocenters. The number of rotatable bonds is 4. The number of aliphatic hydroxyl groups is 2. The third-order valence-corrected chi connectivity index (χ3v) is 4.05. The van der Waals surface area contributed by atoms with Crippen LogP contribution in [0.3, 0.4) is 0 Å². The number of benzene rings is 2. The lowest BCUT2D eigenvalue weighted by molar-refractivity contribution is -0.386. The van der Waals surface area contributed by atoms with Gasteiger partial charge in [0.25, 0.3) is 5.69 Å². The number of hydrogen-bond acceptors (Lipinski definition) is 7. The van der Waals surface area contributed by atoms with Gasteiger partial charge in [0.1, 0.15) is 5.75 Å². The van der Waals surface area contributed by atoms with Gasteiger partial charge in [0.2, 0.25) is 0 Å². The van der Waals surface area contributed by atoms with E-state index in [9.17, 15) is 25.1 Å². The van der Waals surface area contributed by atoms with Gasteiger partial charge in [-0.15, -0.1) is 0 Å². The van der Waals surface area contributed by atoms with E-state index in [0.717, 1.165) is 0 Å². The highest BCUT2D eigenvalue weighted by atomic mass is 16.6. The highest BCUT2D eigenvalue weighted by Crippen LogP contribution is 2.46. The van der Waals surface area contributed by atoms with Crippen molar-refractivity contribution < 1.29 is 24.7 Å². The van der Waals surface area contributed by atoms with E-state index in [4.69, 9.17) is 4.74 Å². The molecule has 3 rings (SSSR count). The van der Waals surface area contributed by atoms with Gasteiger partial charge in [-0.3, -0.25) is 10.1 Å². The molecule has 134 valence electrons. The molecule has 1 aliphatic rings. The Hall–Kier alpha value is -3.23. The van der Waals surface area contributed by atoms with Crippen molar-refractivity contribution in [3.8, 4) is 5.75 Å². The summed E-state index contributed by atoms with van der Waals surface area (Å²) in [4.78, 5) is 23.5. The molecular formula is C18H16N2O6. The number of hydrogen-bond donors (Lipinski definition) is 2. The fourth-order valence-electron chi connectivity index (χ4n) is 2.84. The normalized spacial score (nSPS) is 18.3. The Morgan fingerprint density at radius 3 is 2.58 bits per heavy atom. The zero-order chi connectivity index (χ0) is 19.0. The minimum atomic E-state index is -1.42. The van der Waals surface area contributed by atoms with E-state index in [1.165, 1.54) is 42.2 Å². The Morgan fingerprint density at radius 1 is 1.23 bits per heavy atom. The topological polar surface area (TPSA) is 113 Å². The molecular weight excluding hydrogens is 340 g/mol. The van der Waals surface area contributed by atoms with Gasteiger partial charge in [-0.05, 0) is 19.1 Å². The van der Waals surface area contributed by atoms with Crippen LogP contribution in [-0.4, -0.2) is 21.1 Å². The SMILES string of the molecule is C=C(C)C(=O)Oc1cccc(N2C(O)c3cccc([N+](=O)[O-])c3C2O)c1. The zero-order valence-electron chi connectivity index (χ0n) is 13.8. The maximum Gasteiger partial charge on any atom is 0.338 e. The van der Waals surface area contributed by atoms with Crippen molar-refractivity contribution in [2.24, 2.45) is 0 Å². The predicted molar refractivity (Wildman–Crippen MR) is 92.4 cm³/mol. The largest absolute Gasteiger partial charge is 0.423 e. The number of nitrogens with zero attached hydrogens (tertiary/aromatic N) is 2. The molecule has 2 aromatic carbocycles. The minimum absolute atomic E-state index is 0.0364. The van der Waals surface area contributed by atoms with Gasteiger partial charge < -0.3 is 19.8 Å². The highest BCUT2D eigenvalue weighted by Gasteiger charge is 2.41. The Morgan fingerprint density at radius 2 is 1.92 bits per heavy atom. The fourth-order valence-corrected chi connectivity index (χ4v) is 2.84. The third-order valence-electron chi connectivity index (χ3n) is 4.05. The average Bonchev–Trinajstić information content (AvgIpc) is 2.86. The third kappa shape index (κ3) is 2.92. The summed E-state index contributed by atoms with van der Waals surface area (Å²) in [6, 6.07) is 10.4. The zero-order valence-corrected chi connectivity index (χ0v) is 13.8. The first-order valence-electron chi connectivity index (χ1n) is 7.70. The van der Waals surface area contributed by atoms with E-state index in [0.29, 0.717) is 5.69 Å². The second-order valence-corrected chi connectivity index (χ2v) is 5.86. The number of esters is 1. The fraction of sp³-hybridized carbons (Fsp3) is 0.167. The average molecular weight is 356 g/mol. The molecule has 26 heavy (non-hydrogen) atoms. The van der Waals surface area contributed by atoms with Gasteiger partial charge in [-0.25, -0.2) is 4.79 Å². The maximum absolute atomic E-state index is 11.7. The van der Waals surface area contributed by atoms with Crippen molar-refractivity contribution in [3.05, 3.63) is 75.9 Å². The van der Waals surface area contributed by atoms with Crippen LogP contribution < -0.4 is 9.64 Å². The van der Waals surface area contributed by atoms with Crippen LogP contribution in [0.25, 0.3) is 0 Å². The van der Waals surface area contributed by atoms with Crippen molar-refractivity contribution in [2.75, 3.05) is 4.90 Å². The summed E-state index contributed by atoms with van der Waals surface area (Å²) < 4.78 is 5.15. The Kier molecular flexibility index (Phi) is 4.45. The molecule has 2 N–H and O–H groups in total. The molecule has 0 fully saturated rings. The molecule has 0 aromatic heterocycles. The molecule has 0 bridgehead atoms. The van der Waals surface area contributed by atoms with Gasteiger partial charge >= 0.3 is 5.97 Å². The number of fused-ring (bicyclic) bond motifs is 1. The minimum Gasteiger partial charge on any atom is -0.423 e. The predicted octanol–water partition coefficient (Wildman–Crippen LogP) is 2.58. The molecule has 0 radical (unpaired) electrons. The molecule has 2 aromatic rings. The summed E-state index contributed by atoms with van der Waals surface area (Å²) in [5.74, 6) is -0.413. The van der Waals surface area contributed by atoms with Crippen molar-refractivity contribution in [1.82, 2.24) is 0 Å². The first-order chi connectivity index (χ1) is 12.3. The van der Waals surface area contributed by atoms with E-state index >= 15 is 0 Å². The van der Waals surface area contributed by atoms with Crippen LogP contribution in [0.15, 0.2) is 54.6 Å². The van der Waals surface area contributed by atoms with Gasteiger partial charge in [0, 0.05) is 29.0 Å². The molecule has 0 aliphatic carbocycles. The number of nitro groups is 1. The summed E-state index contributed by atoms with van der Waals surface area (Å²) in [5.41, 5.74) is 0.564. The van der Waals surface area contributed by atoms with Crippen LogP contribution in [0.4, 0.5) is 11.4 Å². The highest BCUT2D eigenvalue weighted by molar-refractivity contribution is 5.88.